The summed E-state index contributed by atoms with van der Waals surface area (Å²) in [7, 11) is 0. The summed E-state index contributed by atoms with van der Waals surface area (Å²) in [5, 5.41) is 11.3. The van der Waals surface area contributed by atoms with Crippen LogP contribution in [-0.2, 0) is 22.4 Å². The topological polar surface area (TPSA) is 86.1 Å². The number of hydrogen-bond donors (Lipinski definition) is 1. The molecule has 1 heterocycles. The van der Waals surface area contributed by atoms with Crippen molar-refractivity contribution in [1.29, 1.82) is 0 Å². The molecule has 150 valence electrons. The predicted molar refractivity (Wildman–Crippen MR) is 110 cm³/mol. The van der Waals surface area contributed by atoms with Crippen LogP contribution in [0.15, 0.2) is 48.5 Å². The molecule has 0 aliphatic heterocycles. The number of esters is 1. The minimum absolute atomic E-state index is 0.0878. The first-order valence-electron chi connectivity index (χ1n) is 9.60. The van der Waals surface area contributed by atoms with Crippen molar-refractivity contribution in [2.75, 3.05) is 11.9 Å². The van der Waals surface area contributed by atoms with Crippen molar-refractivity contribution >= 4 is 17.6 Å². The summed E-state index contributed by atoms with van der Waals surface area (Å²) in [5.74, 6) is -1.07. The van der Waals surface area contributed by atoms with E-state index in [9.17, 15) is 9.59 Å². The maximum absolute atomic E-state index is 12.4. The normalized spacial score (nSPS) is 10.6. The van der Waals surface area contributed by atoms with Crippen molar-refractivity contribution < 1.29 is 14.3 Å². The lowest BCUT2D eigenvalue weighted by molar-refractivity contribution is -0.119. The number of nitrogens with one attached hydrogen (secondary N) is 1. The van der Waals surface area contributed by atoms with Crippen molar-refractivity contribution in [3.63, 3.8) is 0 Å². The number of para-hydroxylation sites is 2. The van der Waals surface area contributed by atoms with Gasteiger partial charge in [0.05, 0.1) is 11.4 Å². The van der Waals surface area contributed by atoms with Crippen LogP contribution in [0.3, 0.4) is 0 Å². The highest BCUT2D eigenvalue weighted by molar-refractivity contribution is 5.96. The Morgan fingerprint density at radius 3 is 2.24 bits per heavy atom. The molecule has 7 heteroatoms. The number of hydrogen-bond acceptors (Lipinski definition) is 5. The summed E-state index contributed by atoms with van der Waals surface area (Å²) < 4.78 is 5.17. The monoisotopic (exact) mass is 392 g/mol. The minimum atomic E-state index is -0.681. The third-order valence-electron chi connectivity index (χ3n) is 4.56. The molecule has 3 rings (SSSR count). The molecular weight excluding hydrogens is 368 g/mol. The van der Waals surface area contributed by atoms with Crippen LogP contribution >= 0.6 is 0 Å². The van der Waals surface area contributed by atoms with Crippen LogP contribution < -0.4 is 5.32 Å². The van der Waals surface area contributed by atoms with Gasteiger partial charge in [-0.25, -0.2) is 4.79 Å². The molecule has 7 nitrogen and oxygen atoms in total. The Hall–Kier alpha value is -3.48. The van der Waals surface area contributed by atoms with Gasteiger partial charge in [0, 0.05) is 5.69 Å². The first-order chi connectivity index (χ1) is 14.0. The first kappa shape index (κ1) is 20.3. The minimum Gasteiger partial charge on any atom is -0.451 e. The molecule has 1 N–H and O–H groups in total. The van der Waals surface area contributed by atoms with Crippen LogP contribution in [0.5, 0.6) is 0 Å². The lowest BCUT2D eigenvalue weighted by Gasteiger charge is -2.14. The molecule has 0 spiro atoms. The van der Waals surface area contributed by atoms with Crippen LogP contribution in [-0.4, -0.2) is 33.5 Å². The number of aromatic nitrogens is 3. The third kappa shape index (κ3) is 4.68. The van der Waals surface area contributed by atoms with Crippen LogP contribution in [0.4, 0.5) is 5.69 Å². The van der Waals surface area contributed by atoms with Crippen molar-refractivity contribution in [3.05, 3.63) is 71.0 Å². The van der Waals surface area contributed by atoms with Crippen LogP contribution in [0, 0.1) is 6.92 Å². The van der Waals surface area contributed by atoms with E-state index >= 15 is 0 Å². The molecule has 0 atom stereocenters. The fraction of sp³-hybridized carbons (Fsp3) is 0.273. The van der Waals surface area contributed by atoms with Gasteiger partial charge in [-0.2, -0.15) is 9.90 Å². The zero-order chi connectivity index (χ0) is 20.8. The number of nitrogens with zero attached hydrogens (tertiary/aromatic N) is 3. The second-order valence-corrected chi connectivity index (χ2v) is 6.54. The van der Waals surface area contributed by atoms with Crippen molar-refractivity contribution in [3.8, 4) is 5.69 Å². The average molecular weight is 392 g/mol. The second-order valence-electron chi connectivity index (χ2n) is 6.54. The third-order valence-corrected chi connectivity index (χ3v) is 4.56. The summed E-state index contributed by atoms with van der Waals surface area (Å²) in [6.45, 7) is 5.35. The number of carbonyl (C=O) groups excluding carboxylic acids is 2. The van der Waals surface area contributed by atoms with E-state index in [-0.39, 0.29) is 11.6 Å². The molecule has 3 aromatic rings. The molecule has 1 aromatic heterocycles. The smallest absolute Gasteiger partial charge is 0.361 e. The number of benzene rings is 2. The molecule has 2 aromatic carbocycles. The van der Waals surface area contributed by atoms with Gasteiger partial charge in [-0.05, 0) is 43.0 Å². The highest BCUT2D eigenvalue weighted by Crippen LogP contribution is 2.22. The van der Waals surface area contributed by atoms with Crippen molar-refractivity contribution in [2.24, 2.45) is 0 Å². The summed E-state index contributed by atoms with van der Waals surface area (Å²) >= 11 is 0. The Kier molecular flexibility index (Phi) is 6.39. The summed E-state index contributed by atoms with van der Waals surface area (Å²) in [5.41, 5.74) is 4.14. The van der Waals surface area contributed by atoms with Gasteiger partial charge in [0.1, 0.15) is 0 Å². The maximum Gasteiger partial charge on any atom is 0.361 e. The lowest BCUT2D eigenvalue weighted by Crippen LogP contribution is -2.22. The largest absolute Gasteiger partial charge is 0.451 e. The Balaban J connectivity index is 1.66. The van der Waals surface area contributed by atoms with Crippen molar-refractivity contribution in [1.82, 2.24) is 15.0 Å². The SMILES string of the molecule is CCc1cccc(CC)c1NC(=O)COC(=O)c1nn(-c2ccccc2)nc1C. The summed E-state index contributed by atoms with van der Waals surface area (Å²) in [6, 6.07) is 15.2. The molecule has 0 aliphatic rings. The Bertz CT molecular complexity index is 990. The van der Waals surface area contributed by atoms with Gasteiger partial charge >= 0.3 is 5.97 Å². The zero-order valence-electron chi connectivity index (χ0n) is 16.8. The second kappa shape index (κ2) is 9.14. The number of aryl methyl sites for hydroxylation is 3. The van der Waals surface area contributed by atoms with E-state index in [1.165, 1.54) is 4.80 Å². The van der Waals surface area contributed by atoms with E-state index < -0.39 is 12.6 Å². The Morgan fingerprint density at radius 2 is 1.62 bits per heavy atom. The van der Waals surface area contributed by atoms with E-state index in [2.05, 4.69) is 15.5 Å². The zero-order valence-corrected chi connectivity index (χ0v) is 16.8. The molecule has 1 amide bonds. The first-order valence-corrected chi connectivity index (χ1v) is 9.60. The van der Waals surface area contributed by atoms with E-state index in [1.54, 1.807) is 6.92 Å². The maximum atomic E-state index is 12.4. The quantitative estimate of drug-likeness (QED) is 0.622. The van der Waals surface area contributed by atoms with Crippen LogP contribution in [0.25, 0.3) is 5.69 Å². The van der Waals surface area contributed by atoms with Crippen LogP contribution in [0.1, 0.15) is 41.2 Å². The lowest BCUT2D eigenvalue weighted by atomic mass is 10.0. The van der Waals surface area contributed by atoms with Gasteiger partial charge in [0.2, 0.25) is 0 Å². The fourth-order valence-corrected chi connectivity index (χ4v) is 3.02. The summed E-state index contributed by atoms with van der Waals surface area (Å²) in [4.78, 5) is 26.1. The average Bonchev–Trinajstić information content (AvgIpc) is 3.14. The molecule has 0 saturated carbocycles. The highest BCUT2D eigenvalue weighted by Gasteiger charge is 2.19. The molecule has 29 heavy (non-hydrogen) atoms. The van der Waals surface area contributed by atoms with E-state index in [1.807, 2.05) is 62.4 Å². The van der Waals surface area contributed by atoms with Gasteiger partial charge in [-0.1, -0.05) is 50.2 Å². The Labute approximate surface area is 169 Å². The number of amides is 1. The standard InChI is InChI=1S/C22H24N4O3/c1-4-16-10-9-11-17(5-2)21(16)23-19(27)14-29-22(28)20-15(3)24-26(25-20)18-12-7-6-8-13-18/h6-13H,4-5,14H2,1-3H3,(H,23,27). The summed E-state index contributed by atoms with van der Waals surface area (Å²) in [6.07, 6.45) is 1.59. The van der Waals surface area contributed by atoms with Gasteiger partial charge in [0.25, 0.3) is 5.91 Å². The number of carbonyl (C=O) groups is 2. The van der Waals surface area contributed by atoms with Gasteiger partial charge < -0.3 is 10.1 Å². The molecule has 0 saturated heterocycles. The molecule has 0 radical (unpaired) electrons. The number of ether oxygens (including phenoxy) is 1. The van der Waals surface area contributed by atoms with Gasteiger partial charge in [0.15, 0.2) is 12.3 Å². The number of rotatable bonds is 7. The molecular formula is C22H24N4O3. The van der Waals surface area contributed by atoms with Gasteiger partial charge in [-0.15, -0.1) is 5.10 Å². The van der Waals surface area contributed by atoms with Crippen LogP contribution in [0.2, 0.25) is 0 Å². The van der Waals surface area contributed by atoms with E-state index in [0.717, 1.165) is 35.3 Å². The highest BCUT2D eigenvalue weighted by atomic mass is 16.5. The number of anilines is 1. The van der Waals surface area contributed by atoms with Crippen molar-refractivity contribution in [2.45, 2.75) is 33.6 Å². The van der Waals surface area contributed by atoms with E-state index in [4.69, 9.17) is 4.74 Å². The van der Waals surface area contributed by atoms with Gasteiger partial charge in [-0.3, -0.25) is 4.79 Å². The van der Waals surface area contributed by atoms with E-state index in [0.29, 0.717) is 5.69 Å². The molecule has 0 fully saturated rings. The predicted octanol–water partition coefficient (Wildman–Crippen LogP) is 3.50. The molecule has 0 bridgehead atoms. The fourth-order valence-electron chi connectivity index (χ4n) is 3.02. The molecule has 0 aliphatic carbocycles. The molecule has 0 unspecified atom stereocenters. The Morgan fingerprint density at radius 1 is 0.966 bits per heavy atom.